The van der Waals surface area contributed by atoms with Crippen LogP contribution in [0.3, 0.4) is 0 Å². The van der Waals surface area contributed by atoms with Gasteiger partial charge >= 0.3 is 0 Å². The van der Waals surface area contributed by atoms with Gasteiger partial charge in [-0.3, -0.25) is 9.78 Å². The number of aromatic amines is 1. The summed E-state index contributed by atoms with van der Waals surface area (Å²) in [5.74, 6) is 0.205. The fourth-order valence-electron chi connectivity index (χ4n) is 2.15. The molecule has 24 heavy (non-hydrogen) atoms. The first-order valence-electron chi connectivity index (χ1n) is 7.25. The number of aryl methyl sites for hydroxylation is 1. The van der Waals surface area contributed by atoms with Crippen LogP contribution in [0.4, 0.5) is 11.6 Å². The maximum Gasteiger partial charge on any atom is 0.274 e. The average molecular weight is 361 g/mol. The lowest BCUT2D eigenvalue weighted by Gasteiger charge is -2.08. The Morgan fingerprint density at radius 1 is 1.08 bits per heavy atom. The minimum atomic E-state index is -0.300. The van der Waals surface area contributed by atoms with E-state index in [1.54, 1.807) is 18.2 Å². The van der Waals surface area contributed by atoms with Crippen LogP contribution in [0.2, 0.25) is 10.0 Å². The molecule has 0 spiro atoms. The number of halogens is 2. The maximum absolute atomic E-state index is 12.2. The third kappa shape index (κ3) is 3.93. The van der Waals surface area contributed by atoms with Gasteiger partial charge in [0.1, 0.15) is 5.69 Å². The lowest BCUT2D eigenvalue weighted by Crippen LogP contribution is -2.18. The highest BCUT2D eigenvalue weighted by molar-refractivity contribution is 6.35. The Labute approximate surface area is 148 Å². The van der Waals surface area contributed by atoms with Gasteiger partial charge < -0.3 is 5.32 Å². The molecule has 1 aromatic heterocycles. The number of hydrogen-bond donors (Lipinski definition) is 2. The molecular weight excluding hydrogens is 347 g/mol. The average Bonchev–Trinajstić information content (AvgIpc) is 2.55. The number of anilines is 2. The molecule has 0 radical (unpaired) electrons. The molecular formula is C17H14Cl2N4O. The van der Waals surface area contributed by atoms with Crippen molar-refractivity contribution in [2.24, 2.45) is 0 Å². The van der Waals surface area contributed by atoms with E-state index in [0.717, 1.165) is 11.1 Å². The Hall–Kier alpha value is -2.37. The van der Waals surface area contributed by atoms with Crippen LogP contribution in [0, 0.1) is 6.92 Å². The van der Waals surface area contributed by atoms with Crippen molar-refractivity contribution in [1.29, 1.82) is 0 Å². The van der Waals surface area contributed by atoms with E-state index in [4.69, 9.17) is 23.2 Å². The van der Waals surface area contributed by atoms with Crippen molar-refractivity contribution in [3.63, 3.8) is 0 Å². The Morgan fingerprint density at radius 3 is 2.54 bits per heavy atom. The first-order valence-corrected chi connectivity index (χ1v) is 8.00. The van der Waals surface area contributed by atoms with Gasteiger partial charge in [0.05, 0.1) is 10.7 Å². The summed E-state index contributed by atoms with van der Waals surface area (Å²) >= 11 is 12.0. The highest BCUT2D eigenvalue weighted by Gasteiger charge is 2.08. The minimum Gasteiger partial charge on any atom is -0.323 e. The zero-order valence-corrected chi connectivity index (χ0v) is 14.3. The third-order valence-electron chi connectivity index (χ3n) is 3.44. The monoisotopic (exact) mass is 360 g/mol. The van der Waals surface area contributed by atoms with Crippen LogP contribution >= 0.6 is 23.2 Å². The normalized spacial score (nSPS) is 10.6. The second-order valence-electron chi connectivity index (χ2n) is 5.36. The molecule has 0 aliphatic heterocycles. The zero-order chi connectivity index (χ0) is 17.1. The van der Waals surface area contributed by atoms with Gasteiger partial charge in [0.25, 0.3) is 5.56 Å². The Morgan fingerprint density at radius 2 is 1.83 bits per heavy atom. The summed E-state index contributed by atoms with van der Waals surface area (Å²) in [7, 11) is 0. The lowest BCUT2D eigenvalue weighted by molar-refractivity contribution is 0.874. The van der Waals surface area contributed by atoms with E-state index in [9.17, 15) is 4.79 Å². The molecule has 2 aromatic carbocycles. The number of nitrogens with zero attached hydrogens (tertiary/aromatic N) is 2. The molecule has 0 aliphatic rings. The molecule has 122 valence electrons. The van der Waals surface area contributed by atoms with Crippen LogP contribution in [0.1, 0.15) is 16.8 Å². The molecule has 0 amide bonds. The Kier molecular flexibility index (Phi) is 4.83. The molecule has 3 rings (SSSR count). The number of H-pyrrole nitrogens is 1. The summed E-state index contributed by atoms with van der Waals surface area (Å²) in [6.07, 6.45) is 0.417. The predicted octanol–water partition coefficient (Wildman–Crippen LogP) is 4.11. The van der Waals surface area contributed by atoms with Crippen LogP contribution in [-0.4, -0.2) is 15.2 Å². The van der Waals surface area contributed by atoms with Gasteiger partial charge in [0.15, 0.2) is 0 Å². The summed E-state index contributed by atoms with van der Waals surface area (Å²) < 4.78 is 0. The van der Waals surface area contributed by atoms with Crippen molar-refractivity contribution >= 4 is 34.8 Å². The molecule has 0 bridgehead atoms. The van der Waals surface area contributed by atoms with Gasteiger partial charge in [0.2, 0.25) is 5.95 Å². The standard InChI is InChI=1S/C17H14Cl2N4O/c1-10-2-4-11(5-3-10)8-15-16(24)21-17(23-22-15)20-14-9-12(18)6-7-13(14)19/h2-7,9H,8H2,1H3,(H2,20,21,23,24). The Bertz CT molecular complexity index is 923. The van der Waals surface area contributed by atoms with Crippen LogP contribution in [-0.2, 0) is 6.42 Å². The van der Waals surface area contributed by atoms with E-state index in [1.165, 1.54) is 0 Å². The molecule has 0 aliphatic carbocycles. The quantitative estimate of drug-likeness (QED) is 0.734. The largest absolute Gasteiger partial charge is 0.323 e. The highest BCUT2D eigenvalue weighted by atomic mass is 35.5. The first kappa shape index (κ1) is 16.5. The van der Waals surface area contributed by atoms with Gasteiger partial charge in [-0.15, -0.1) is 10.2 Å². The van der Waals surface area contributed by atoms with Crippen LogP contribution in [0.15, 0.2) is 47.3 Å². The predicted molar refractivity (Wildman–Crippen MR) is 96.4 cm³/mol. The third-order valence-corrected chi connectivity index (χ3v) is 4.00. The molecule has 3 aromatic rings. The van der Waals surface area contributed by atoms with E-state index >= 15 is 0 Å². The summed E-state index contributed by atoms with van der Waals surface area (Å²) in [4.78, 5) is 14.9. The molecule has 0 unspecified atom stereocenters. The van der Waals surface area contributed by atoms with Gasteiger partial charge in [-0.25, -0.2) is 0 Å². The molecule has 2 N–H and O–H groups in total. The Balaban J connectivity index is 1.80. The maximum atomic E-state index is 12.2. The van der Waals surface area contributed by atoms with Gasteiger partial charge in [0, 0.05) is 11.4 Å². The number of nitrogens with one attached hydrogen (secondary N) is 2. The van der Waals surface area contributed by atoms with Crippen molar-refractivity contribution in [1.82, 2.24) is 15.2 Å². The number of rotatable bonds is 4. The van der Waals surface area contributed by atoms with Crippen LogP contribution < -0.4 is 10.9 Å². The second-order valence-corrected chi connectivity index (χ2v) is 6.20. The fourth-order valence-corrected chi connectivity index (χ4v) is 2.49. The van der Waals surface area contributed by atoms with Crippen LogP contribution in [0.25, 0.3) is 0 Å². The molecule has 0 fully saturated rings. The topological polar surface area (TPSA) is 70.7 Å². The van der Waals surface area contributed by atoms with E-state index in [0.29, 0.717) is 27.8 Å². The van der Waals surface area contributed by atoms with E-state index in [1.807, 2.05) is 31.2 Å². The zero-order valence-electron chi connectivity index (χ0n) is 12.8. The summed E-state index contributed by atoms with van der Waals surface area (Å²) in [6, 6.07) is 12.9. The van der Waals surface area contributed by atoms with Gasteiger partial charge in [-0.1, -0.05) is 53.0 Å². The molecule has 0 saturated carbocycles. The fraction of sp³-hybridized carbons (Fsp3) is 0.118. The summed E-state index contributed by atoms with van der Waals surface area (Å²) in [6.45, 7) is 2.01. The lowest BCUT2D eigenvalue weighted by atomic mass is 10.1. The van der Waals surface area contributed by atoms with Crippen molar-refractivity contribution in [2.45, 2.75) is 13.3 Å². The molecule has 0 saturated heterocycles. The minimum absolute atomic E-state index is 0.205. The van der Waals surface area contributed by atoms with Crippen molar-refractivity contribution in [3.05, 3.63) is 79.7 Å². The van der Waals surface area contributed by atoms with Gasteiger partial charge in [-0.05, 0) is 30.7 Å². The highest BCUT2D eigenvalue weighted by Crippen LogP contribution is 2.26. The summed E-state index contributed by atoms with van der Waals surface area (Å²) in [5.41, 5.74) is 2.75. The second kappa shape index (κ2) is 7.03. The number of hydrogen-bond acceptors (Lipinski definition) is 4. The molecule has 0 atom stereocenters. The smallest absolute Gasteiger partial charge is 0.274 e. The van der Waals surface area contributed by atoms with E-state index < -0.39 is 0 Å². The van der Waals surface area contributed by atoms with Gasteiger partial charge in [-0.2, -0.15) is 0 Å². The van der Waals surface area contributed by atoms with E-state index in [2.05, 4.69) is 20.5 Å². The summed E-state index contributed by atoms with van der Waals surface area (Å²) in [5, 5.41) is 11.9. The molecule has 1 heterocycles. The molecule has 7 heteroatoms. The SMILES string of the molecule is Cc1ccc(Cc2nnc(Nc3cc(Cl)ccc3Cl)[nH]c2=O)cc1. The van der Waals surface area contributed by atoms with Crippen LogP contribution in [0.5, 0.6) is 0 Å². The van der Waals surface area contributed by atoms with Crippen molar-refractivity contribution in [3.8, 4) is 0 Å². The number of benzene rings is 2. The molecule has 5 nitrogen and oxygen atoms in total. The van der Waals surface area contributed by atoms with E-state index in [-0.39, 0.29) is 11.5 Å². The first-order chi connectivity index (χ1) is 11.5. The van der Waals surface area contributed by atoms with Crippen molar-refractivity contribution in [2.75, 3.05) is 5.32 Å². The number of aromatic nitrogens is 3. The van der Waals surface area contributed by atoms with Crippen molar-refractivity contribution < 1.29 is 0 Å².